The van der Waals surface area contributed by atoms with Crippen LogP contribution in [0.15, 0.2) is 30.3 Å². The van der Waals surface area contributed by atoms with Gasteiger partial charge in [0.15, 0.2) is 11.5 Å². The molecule has 3 N–H and O–H groups in total. The van der Waals surface area contributed by atoms with E-state index in [1.807, 2.05) is 18.2 Å². The maximum absolute atomic E-state index is 12.6. The summed E-state index contributed by atoms with van der Waals surface area (Å²) in [5, 5.41) is 2.91. The number of carbonyl (C=O) groups is 1. The van der Waals surface area contributed by atoms with Crippen LogP contribution in [0.2, 0.25) is 0 Å². The summed E-state index contributed by atoms with van der Waals surface area (Å²) in [6.45, 7) is 1.06. The minimum absolute atomic E-state index is 0.125. The highest BCUT2D eigenvalue weighted by molar-refractivity contribution is 5.95. The monoisotopic (exact) mass is 371 g/mol. The van der Waals surface area contributed by atoms with Crippen LogP contribution in [0, 0.1) is 0 Å². The molecule has 0 spiro atoms. The highest BCUT2D eigenvalue weighted by atomic mass is 16.5. The number of carbonyl (C=O) groups excluding carboxylic acids is 1. The van der Waals surface area contributed by atoms with Crippen molar-refractivity contribution in [1.29, 1.82) is 0 Å². The van der Waals surface area contributed by atoms with Crippen LogP contribution in [-0.2, 0) is 11.2 Å². The molecule has 1 aliphatic heterocycles. The van der Waals surface area contributed by atoms with Crippen molar-refractivity contribution in [3.05, 3.63) is 35.9 Å². The first-order valence-electron chi connectivity index (χ1n) is 8.79. The minimum Gasteiger partial charge on any atom is -0.493 e. The quantitative estimate of drug-likeness (QED) is 0.760. The minimum atomic E-state index is -0.125. The Morgan fingerprint density at radius 3 is 2.48 bits per heavy atom. The molecule has 0 saturated carbocycles. The van der Waals surface area contributed by atoms with Crippen LogP contribution in [0.5, 0.6) is 17.2 Å². The van der Waals surface area contributed by atoms with Gasteiger partial charge in [-0.3, -0.25) is 4.79 Å². The molecule has 27 heavy (non-hydrogen) atoms. The first kappa shape index (κ1) is 18.7. The predicted molar refractivity (Wildman–Crippen MR) is 106 cm³/mol. The average Bonchev–Trinajstić information content (AvgIpc) is 2.68. The molecule has 3 rings (SSSR count). The molecule has 0 aliphatic carbocycles. The summed E-state index contributed by atoms with van der Waals surface area (Å²) in [6.07, 6.45) is 1.91. The van der Waals surface area contributed by atoms with Crippen LogP contribution in [0.3, 0.4) is 0 Å². The topological polar surface area (TPSA) is 86.1 Å². The summed E-state index contributed by atoms with van der Waals surface area (Å²) in [5.74, 6) is 1.34. The molecular weight excluding hydrogens is 346 g/mol. The Morgan fingerprint density at radius 1 is 1.15 bits per heavy atom. The molecule has 0 bridgehead atoms. The second kappa shape index (κ2) is 8.07. The molecule has 0 aromatic heterocycles. The molecule has 1 amide bonds. The van der Waals surface area contributed by atoms with E-state index in [-0.39, 0.29) is 12.5 Å². The van der Waals surface area contributed by atoms with Gasteiger partial charge in [0.25, 0.3) is 0 Å². The Balaban J connectivity index is 1.77. The Labute approximate surface area is 159 Å². The van der Waals surface area contributed by atoms with Crippen LogP contribution >= 0.6 is 0 Å². The molecule has 7 nitrogen and oxygen atoms in total. The normalized spacial score (nSPS) is 12.9. The third kappa shape index (κ3) is 3.86. The van der Waals surface area contributed by atoms with Crippen molar-refractivity contribution >= 4 is 23.0 Å². The van der Waals surface area contributed by atoms with Gasteiger partial charge in [-0.25, -0.2) is 0 Å². The maximum Gasteiger partial charge on any atom is 0.243 e. The van der Waals surface area contributed by atoms with E-state index >= 15 is 0 Å². The van der Waals surface area contributed by atoms with Gasteiger partial charge in [0, 0.05) is 35.7 Å². The average molecular weight is 371 g/mol. The van der Waals surface area contributed by atoms with E-state index in [1.165, 1.54) is 21.3 Å². The number of hydrogen-bond acceptors (Lipinski definition) is 6. The van der Waals surface area contributed by atoms with Crippen LogP contribution < -0.4 is 30.2 Å². The summed E-state index contributed by atoms with van der Waals surface area (Å²) in [7, 11) is 4.62. The second-order valence-corrected chi connectivity index (χ2v) is 6.33. The number of nitrogens with one attached hydrogen (secondary N) is 1. The lowest BCUT2D eigenvalue weighted by atomic mass is 10.00. The molecule has 0 saturated heterocycles. The van der Waals surface area contributed by atoms with Gasteiger partial charge in [-0.05, 0) is 30.5 Å². The SMILES string of the molecule is COc1cc(NC(=O)CN2CCCc3c(N)cccc32)cc(OC)c1OC. The Morgan fingerprint density at radius 2 is 1.85 bits per heavy atom. The first-order chi connectivity index (χ1) is 13.1. The molecule has 0 radical (unpaired) electrons. The summed E-state index contributed by atoms with van der Waals surface area (Å²) in [6, 6.07) is 9.25. The van der Waals surface area contributed by atoms with Gasteiger partial charge in [0.1, 0.15) is 0 Å². The van der Waals surface area contributed by atoms with Gasteiger partial charge in [-0.15, -0.1) is 0 Å². The van der Waals surface area contributed by atoms with E-state index in [9.17, 15) is 4.79 Å². The van der Waals surface area contributed by atoms with Crippen molar-refractivity contribution in [3.63, 3.8) is 0 Å². The molecule has 7 heteroatoms. The fourth-order valence-corrected chi connectivity index (χ4v) is 3.42. The van der Waals surface area contributed by atoms with Crippen LogP contribution in [0.25, 0.3) is 0 Å². The number of nitrogens with zero attached hydrogens (tertiary/aromatic N) is 1. The van der Waals surface area contributed by atoms with Crippen molar-refractivity contribution in [2.24, 2.45) is 0 Å². The summed E-state index contributed by atoms with van der Waals surface area (Å²) < 4.78 is 16.0. The predicted octanol–water partition coefficient (Wildman–Crippen LogP) is 2.69. The third-order valence-electron chi connectivity index (χ3n) is 4.67. The van der Waals surface area contributed by atoms with Crippen molar-refractivity contribution in [2.75, 3.05) is 50.4 Å². The van der Waals surface area contributed by atoms with Gasteiger partial charge < -0.3 is 30.2 Å². The number of benzene rings is 2. The number of methoxy groups -OCH3 is 3. The first-order valence-corrected chi connectivity index (χ1v) is 8.79. The zero-order chi connectivity index (χ0) is 19.4. The second-order valence-electron chi connectivity index (χ2n) is 6.33. The smallest absolute Gasteiger partial charge is 0.243 e. The molecule has 1 aliphatic rings. The van der Waals surface area contributed by atoms with E-state index < -0.39 is 0 Å². The summed E-state index contributed by atoms with van der Waals surface area (Å²) in [5.41, 5.74) is 9.59. The van der Waals surface area contributed by atoms with E-state index in [0.29, 0.717) is 22.9 Å². The zero-order valence-electron chi connectivity index (χ0n) is 15.9. The fraction of sp³-hybridized carbons (Fsp3) is 0.350. The standard InChI is InChI=1S/C20H25N3O4/c1-25-17-10-13(11-18(26-2)20(17)27-3)22-19(24)12-23-9-5-6-14-15(21)7-4-8-16(14)23/h4,7-8,10-11H,5-6,9,12,21H2,1-3H3,(H,22,24). The number of amides is 1. The Bertz CT molecular complexity index is 813. The molecule has 0 atom stereocenters. The Hall–Kier alpha value is -3.09. The van der Waals surface area contributed by atoms with Crippen LogP contribution in [0.4, 0.5) is 17.1 Å². The van der Waals surface area contributed by atoms with Gasteiger partial charge in [-0.1, -0.05) is 6.07 Å². The van der Waals surface area contributed by atoms with Crippen LogP contribution in [0.1, 0.15) is 12.0 Å². The van der Waals surface area contributed by atoms with Crippen molar-refractivity contribution in [2.45, 2.75) is 12.8 Å². The van der Waals surface area contributed by atoms with E-state index in [4.69, 9.17) is 19.9 Å². The largest absolute Gasteiger partial charge is 0.493 e. The van der Waals surface area contributed by atoms with E-state index in [2.05, 4.69) is 10.2 Å². The van der Waals surface area contributed by atoms with E-state index in [0.717, 1.165) is 36.3 Å². The summed E-state index contributed by atoms with van der Waals surface area (Å²) in [4.78, 5) is 14.7. The number of fused-ring (bicyclic) bond motifs is 1. The molecule has 1 heterocycles. The van der Waals surface area contributed by atoms with Crippen molar-refractivity contribution < 1.29 is 19.0 Å². The lowest BCUT2D eigenvalue weighted by Crippen LogP contribution is -2.37. The van der Waals surface area contributed by atoms with Gasteiger partial charge >= 0.3 is 0 Å². The summed E-state index contributed by atoms with van der Waals surface area (Å²) >= 11 is 0. The highest BCUT2D eigenvalue weighted by Gasteiger charge is 2.21. The van der Waals surface area contributed by atoms with Crippen molar-refractivity contribution in [1.82, 2.24) is 0 Å². The lowest BCUT2D eigenvalue weighted by molar-refractivity contribution is -0.115. The van der Waals surface area contributed by atoms with Crippen molar-refractivity contribution in [3.8, 4) is 17.2 Å². The molecule has 0 unspecified atom stereocenters. The Kier molecular flexibility index (Phi) is 5.59. The van der Waals surface area contributed by atoms with Crippen LogP contribution in [-0.4, -0.2) is 40.3 Å². The number of nitrogen functional groups attached to an aromatic ring is 1. The number of rotatable bonds is 6. The molecule has 0 fully saturated rings. The third-order valence-corrected chi connectivity index (χ3v) is 4.67. The van der Waals surface area contributed by atoms with Gasteiger partial charge in [0.05, 0.1) is 27.9 Å². The number of hydrogen-bond donors (Lipinski definition) is 2. The molecule has 144 valence electrons. The lowest BCUT2D eigenvalue weighted by Gasteiger charge is -2.31. The molecular formula is C20H25N3O4. The number of anilines is 3. The number of ether oxygens (including phenoxy) is 3. The maximum atomic E-state index is 12.6. The zero-order valence-corrected chi connectivity index (χ0v) is 15.9. The van der Waals surface area contributed by atoms with E-state index in [1.54, 1.807) is 12.1 Å². The van der Waals surface area contributed by atoms with Gasteiger partial charge in [0.2, 0.25) is 11.7 Å². The fourth-order valence-electron chi connectivity index (χ4n) is 3.42. The molecule has 2 aromatic carbocycles. The van der Waals surface area contributed by atoms with Gasteiger partial charge in [-0.2, -0.15) is 0 Å². The highest BCUT2D eigenvalue weighted by Crippen LogP contribution is 2.40. The molecule has 2 aromatic rings. The number of nitrogens with two attached hydrogens (primary N) is 1.